The van der Waals surface area contributed by atoms with E-state index in [1.54, 1.807) is 0 Å². The van der Waals surface area contributed by atoms with Crippen LogP contribution in [0.4, 0.5) is 0 Å². The predicted octanol–water partition coefficient (Wildman–Crippen LogP) is 5.20. The minimum absolute atomic E-state index is 0.00240. The Morgan fingerprint density at radius 2 is 1.57 bits per heavy atom. The average molecular weight is 491 g/mol. The van der Waals surface area contributed by atoms with Crippen molar-refractivity contribution in [2.45, 2.75) is 135 Å². The van der Waals surface area contributed by atoms with Gasteiger partial charge >= 0.3 is 0 Å². The molecule has 0 aromatic heterocycles. The molecule has 2 saturated carbocycles. The van der Waals surface area contributed by atoms with Gasteiger partial charge in [-0.25, -0.2) is 0 Å². The first-order chi connectivity index (χ1) is 16.1. The second-order valence-corrected chi connectivity index (χ2v) is 14.3. The molecule has 1 aliphatic heterocycles. The molecule has 5 heteroatoms. The fourth-order valence-electron chi connectivity index (χ4n) is 8.94. The van der Waals surface area contributed by atoms with Gasteiger partial charge in [-0.1, -0.05) is 26.8 Å². The van der Waals surface area contributed by atoms with Crippen LogP contribution in [0.1, 0.15) is 106 Å². The quantitative estimate of drug-likeness (QED) is 0.472. The molecule has 0 aromatic rings. The minimum atomic E-state index is -0.812. The third kappa shape index (κ3) is 4.57. The zero-order valence-corrected chi connectivity index (χ0v) is 23.1. The lowest BCUT2D eigenvalue weighted by atomic mass is 9.55. The lowest BCUT2D eigenvalue weighted by Gasteiger charge is -2.54. The monoisotopic (exact) mass is 490 g/mol. The molecular formula is C30H50O5. The summed E-state index contributed by atoms with van der Waals surface area (Å²) < 4.78 is 6.56. The number of allylic oxidation sites excluding steroid dienone is 2. The summed E-state index contributed by atoms with van der Waals surface area (Å²) in [4.78, 5) is 12.3. The molecule has 3 fully saturated rings. The summed E-state index contributed by atoms with van der Waals surface area (Å²) >= 11 is 0. The summed E-state index contributed by atoms with van der Waals surface area (Å²) in [6, 6.07) is 0. The molecule has 4 aliphatic rings. The molecule has 0 spiro atoms. The van der Waals surface area contributed by atoms with Gasteiger partial charge in [0.15, 0.2) is 0 Å². The molecule has 3 aliphatic carbocycles. The standard InChI is InChI=1S/C30H50O5/c1-26(2)20(19(18-31)8-9-22-21(26)12-16-29(22,6)33)10-11-23-28(5)15-13-24(32)27(3,4)35-25(28)14-17-30(23,7)34/h8,18,20-25,32-34H,9-17H2,1-7H3/t20-,21-,22-,23-,24-,25-,28-,29-,30+/m1/s1. The van der Waals surface area contributed by atoms with E-state index in [0.717, 1.165) is 56.8 Å². The van der Waals surface area contributed by atoms with Crippen LogP contribution in [0.3, 0.4) is 0 Å². The second kappa shape index (κ2) is 8.92. The lowest BCUT2D eigenvalue weighted by molar-refractivity contribution is -0.206. The fraction of sp³-hybridized carbons (Fsp3) is 0.900. The van der Waals surface area contributed by atoms with E-state index in [1.807, 2.05) is 27.7 Å². The predicted molar refractivity (Wildman–Crippen MR) is 138 cm³/mol. The maximum Gasteiger partial charge on any atom is 0.146 e. The number of ether oxygens (including phenoxy) is 1. The highest BCUT2D eigenvalue weighted by Crippen LogP contribution is 2.59. The normalized spacial score (nSPS) is 49.3. The Hall–Kier alpha value is -0.750. The number of rotatable bonds is 4. The van der Waals surface area contributed by atoms with E-state index in [0.29, 0.717) is 18.8 Å². The van der Waals surface area contributed by atoms with Crippen molar-refractivity contribution in [3.63, 3.8) is 0 Å². The first kappa shape index (κ1) is 27.3. The van der Waals surface area contributed by atoms with Gasteiger partial charge in [0.25, 0.3) is 0 Å². The van der Waals surface area contributed by atoms with Crippen molar-refractivity contribution in [1.29, 1.82) is 0 Å². The molecule has 0 amide bonds. The van der Waals surface area contributed by atoms with Crippen LogP contribution in [0.25, 0.3) is 0 Å². The molecule has 1 saturated heterocycles. The van der Waals surface area contributed by atoms with Gasteiger partial charge in [-0.3, -0.25) is 4.79 Å². The number of carbonyl (C=O) groups is 1. The zero-order valence-electron chi connectivity index (χ0n) is 23.1. The minimum Gasteiger partial charge on any atom is -0.390 e. The maximum atomic E-state index is 12.3. The summed E-state index contributed by atoms with van der Waals surface area (Å²) in [6.45, 7) is 14.7. The summed E-state index contributed by atoms with van der Waals surface area (Å²) in [5, 5.41) is 33.5. The summed E-state index contributed by atoms with van der Waals surface area (Å²) in [6.07, 6.45) is 9.79. The Balaban J connectivity index is 1.62. The molecule has 1 heterocycles. The third-order valence-corrected chi connectivity index (χ3v) is 11.4. The van der Waals surface area contributed by atoms with Crippen LogP contribution in [-0.2, 0) is 9.53 Å². The Kier molecular flexibility index (Phi) is 6.96. The van der Waals surface area contributed by atoms with Crippen molar-refractivity contribution < 1.29 is 24.9 Å². The molecule has 0 radical (unpaired) electrons. The molecular weight excluding hydrogens is 440 g/mol. The number of carbonyl (C=O) groups excluding carboxylic acids is 1. The molecule has 0 bridgehead atoms. The van der Waals surface area contributed by atoms with Gasteiger partial charge < -0.3 is 20.1 Å². The topological polar surface area (TPSA) is 87.0 Å². The zero-order chi connectivity index (χ0) is 26.0. The Bertz CT molecular complexity index is 840. The maximum absolute atomic E-state index is 12.3. The number of aliphatic hydroxyl groups excluding tert-OH is 1. The Morgan fingerprint density at radius 3 is 2.23 bits per heavy atom. The number of fused-ring (bicyclic) bond motifs is 2. The molecule has 3 N–H and O–H groups in total. The van der Waals surface area contributed by atoms with Crippen LogP contribution in [0.2, 0.25) is 0 Å². The molecule has 4 rings (SSSR count). The van der Waals surface area contributed by atoms with E-state index >= 15 is 0 Å². The summed E-state index contributed by atoms with van der Waals surface area (Å²) in [5.41, 5.74) is -1.58. The Morgan fingerprint density at radius 1 is 0.914 bits per heavy atom. The number of aldehydes is 1. The van der Waals surface area contributed by atoms with Gasteiger partial charge in [0.1, 0.15) is 6.29 Å². The molecule has 9 atom stereocenters. The van der Waals surface area contributed by atoms with Crippen LogP contribution >= 0.6 is 0 Å². The highest BCUT2D eigenvalue weighted by atomic mass is 16.5. The number of hydrogen-bond donors (Lipinski definition) is 3. The van der Waals surface area contributed by atoms with E-state index < -0.39 is 22.9 Å². The van der Waals surface area contributed by atoms with E-state index in [4.69, 9.17) is 4.74 Å². The van der Waals surface area contributed by atoms with Crippen LogP contribution in [-0.4, -0.2) is 50.6 Å². The molecule has 0 aromatic carbocycles. The Labute approximate surface area is 212 Å². The van der Waals surface area contributed by atoms with Crippen molar-refractivity contribution in [1.82, 2.24) is 0 Å². The van der Waals surface area contributed by atoms with Crippen LogP contribution in [0.5, 0.6) is 0 Å². The van der Waals surface area contributed by atoms with E-state index in [-0.39, 0.29) is 34.7 Å². The largest absolute Gasteiger partial charge is 0.390 e. The van der Waals surface area contributed by atoms with Gasteiger partial charge in [-0.2, -0.15) is 0 Å². The van der Waals surface area contributed by atoms with E-state index in [9.17, 15) is 20.1 Å². The highest BCUT2D eigenvalue weighted by molar-refractivity contribution is 5.74. The van der Waals surface area contributed by atoms with Crippen molar-refractivity contribution in [2.24, 2.45) is 34.5 Å². The summed E-state index contributed by atoms with van der Waals surface area (Å²) in [7, 11) is 0. The molecule has 35 heavy (non-hydrogen) atoms. The van der Waals surface area contributed by atoms with Gasteiger partial charge in [0.05, 0.1) is 29.0 Å². The van der Waals surface area contributed by atoms with Crippen molar-refractivity contribution >= 4 is 6.29 Å². The third-order valence-electron chi connectivity index (χ3n) is 11.4. The molecule has 5 nitrogen and oxygen atoms in total. The average Bonchev–Trinajstić information content (AvgIpc) is 2.96. The van der Waals surface area contributed by atoms with Crippen molar-refractivity contribution in [2.75, 3.05) is 0 Å². The van der Waals surface area contributed by atoms with Gasteiger partial charge in [-0.05, 0) is 126 Å². The SMILES string of the molecule is CC1(C)O[C@@H]2CC[C@](C)(O)[C@H](CC[C@@H]3C(C=O)=CC[C@@H]4[C@@H](CC[C@@]4(C)O)C3(C)C)[C@@]2(C)CC[C@H]1O. The van der Waals surface area contributed by atoms with Crippen LogP contribution in [0, 0.1) is 34.5 Å². The number of hydrogen-bond acceptors (Lipinski definition) is 5. The van der Waals surface area contributed by atoms with Gasteiger partial charge in [0, 0.05) is 0 Å². The van der Waals surface area contributed by atoms with Gasteiger partial charge in [0.2, 0.25) is 0 Å². The van der Waals surface area contributed by atoms with Crippen LogP contribution < -0.4 is 0 Å². The smallest absolute Gasteiger partial charge is 0.146 e. The molecule has 0 unspecified atom stereocenters. The summed E-state index contributed by atoms with van der Waals surface area (Å²) in [5.74, 6) is 0.654. The lowest BCUT2D eigenvalue weighted by Crippen LogP contribution is -2.56. The molecule has 200 valence electrons. The van der Waals surface area contributed by atoms with Crippen molar-refractivity contribution in [3.8, 4) is 0 Å². The van der Waals surface area contributed by atoms with E-state index in [2.05, 4.69) is 26.8 Å². The van der Waals surface area contributed by atoms with Gasteiger partial charge in [-0.15, -0.1) is 0 Å². The number of aliphatic hydroxyl groups is 3. The van der Waals surface area contributed by atoms with E-state index in [1.165, 1.54) is 0 Å². The van der Waals surface area contributed by atoms with Crippen LogP contribution in [0.15, 0.2) is 11.6 Å². The fourth-order valence-corrected chi connectivity index (χ4v) is 8.94. The highest BCUT2D eigenvalue weighted by Gasteiger charge is 2.58. The second-order valence-electron chi connectivity index (χ2n) is 14.3. The van der Waals surface area contributed by atoms with Crippen molar-refractivity contribution in [3.05, 3.63) is 11.6 Å². The first-order valence-corrected chi connectivity index (χ1v) is 14.0. The first-order valence-electron chi connectivity index (χ1n) is 14.0.